The Hall–Kier alpha value is -1.30. The van der Waals surface area contributed by atoms with Crippen LogP contribution in [0, 0.1) is 13.8 Å². The molecule has 2 nitrogen and oxygen atoms in total. The fraction of sp³-hybridized carbons (Fsp3) is 0.250. The second kappa shape index (κ2) is 4.42. The fourth-order valence-electron chi connectivity index (χ4n) is 1.73. The van der Waals surface area contributed by atoms with E-state index < -0.39 is 11.7 Å². The summed E-state index contributed by atoms with van der Waals surface area (Å²) in [6, 6.07) is 5.39. The molecule has 2 rings (SSSR count). The zero-order valence-corrected chi connectivity index (χ0v) is 11.3. The van der Waals surface area contributed by atoms with Crippen LogP contribution in [0.5, 0.6) is 0 Å². The molecule has 18 heavy (non-hydrogen) atoms. The van der Waals surface area contributed by atoms with Crippen molar-refractivity contribution in [1.29, 1.82) is 0 Å². The van der Waals surface area contributed by atoms with Gasteiger partial charge in [0.05, 0.1) is 16.9 Å². The number of hydrogen-bond acceptors (Lipinski definition) is 1. The second-order valence-corrected chi connectivity index (χ2v) is 4.86. The van der Waals surface area contributed by atoms with E-state index in [2.05, 4.69) is 21.0 Å². The first-order valence-electron chi connectivity index (χ1n) is 5.19. The van der Waals surface area contributed by atoms with Gasteiger partial charge in [0, 0.05) is 10.2 Å². The summed E-state index contributed by atoms with van der Waals surface area (Å²) in [5, 5.41) is 4.24. The number of halogens is 4. The van der Waals surface area contributed by atoms with Crippen LogP contribution in [-0.4, -0.2) is 9.78 Å². The maximum atomic E-state index is 12.5. The first-order valence-corrected chi connectivity index (χ1v) is 5.99. The van der Waals surface area contributed by atoms with Gasteiger partial charge in [0.15, 0.2) is 0 Å². The molecule has 0 fully saturated rings. The first kappa shape index (κ1) is 13.1. The quantitative estimate of drug-likeness (QED) is 0.767. The Bertz CT molecular complexity index is 587. The van der Waals surface area contributed by atoms with Crippen LogP contribution in [-0.2, 0) is 6.18 Å². The van der Waals surface area contributed by atoms with Gasteiger partial charge in [0.1, 0.15) is 0 Å². The summed E-state index contributed by atoms with van der Waals surface area (Å²) in [7, 11) is 0. The third-order valence-electron chi connectivity index (χ3n) is 2.51. The molecule has 96 valence electrons. The lowest BCUT2D eigenvalue weighted by molar-refractivity contribution is -0.137. The van der Waals surface area contributed by atoms with Gasteiger partial charge in [-0.15, -0.1) is 0 Å². The molecule has 0 saturated carbocycles. The number of benzene rings is 1. The van der Waals surface area contributed by atoms with E-state index >= 15 is 0 Å². The van der Waals surface area contributed by atoms with E-state index in [0.29, 0.717) is 10.2 Å². The summed E-state index contributed by atoms with van der Waals surface area (Å²) >= 11 is 3.16. The average molecular weight is 319 g/mol. The molecule has 0 aliphatic heterocycles. The molecule has 0 aliphatic carbocycles. The molecule has 0 spiro atoms. The van der Waals surface area contributed by atoms with E-state index in [1.54, 1.807) is 4.68 Å². The SMILES string of the molecule is Cc1cc(C)n(-c2ccc(C(F)(F)F)cc2Br)n1. The molecule has 6 heteroatoms. The number of aromatic nitrogens is 2. The molecule has 1 aromatic carbocycles. The van der Waals surface area contributed by atoms with E-state index in [1.807, 2.05) is 19.9 Å². The van der Waals surface area contributed by atoms with Crippen molar-refractivity contribution in [2.24, 2.45) is 0 Å². The van der Waals surface area contributed by atoms with Crippen molar-refractivity contribution in [3.05, 3.63) is 45.7 Å². The van der Waals surface area contributed by atoms with Crippen molar-refractivity contribution in [3.63, 3.8) is 0 Å². The number of alkyl halides is 3. The topological polar surface area (TPSA) is 17.8 Å². The normalized spacial score (nSPS) is 11.9. The van der Waals surface area contributed by atoms with Gasteiger partial charge in [-0.05, 0) is 54.0 Å². The third-order valence-corrected chi connectivity index (χ3v) is 3.15. The lowest BCUT2D eigenvalue weighted by atomic mass is 10.2. The monoisotopic (exact) mass is 318 g/mol. The van der Waals surface area contributed by atoms with Crippen LogP contribution in [0.3, 0.4) is 0 Å². The maximum Gasteiger partial charge on any atom is 0.416 e. The summed E-state index contributed by atoms with van der Waals surface area (Å²) in [4.78, 5) is 0. The number of hydrogen-bond donors (Lipinski definition) is 0. The van der Waals surface area contributed by atoms with Crippen molar-refractivity contribution in [1.82, 2.24) is 9.78 Å². The molecular formula is C12H10BrF3N2. The molecule has 0 atom stereocenters. The van der Waals surface area contributed by atoms with Gasteiger partial charge in [-0.3, -0.25) is 0 Å². The smallest absolute Gasteiger partial charge is 0.237 e. The van der Waals surface area contributed by atoms with Gasteiger partial charge >= 0.3 is 6.18 Å². The second-order valence-electron chi connectivity index (χ2n) is 4.00. The van der Waals surface area contributed by atoms with Gasteiger partial charge in [0.25, 0.3) is 0 Å². The Balaban J connectivity index is 2.51. The summed E-state index contributed by atoms with van der Waals surface area (Å²) in [5.74, 6) is 0. The summed E-state index contributed by atoms with van der Waals surface area (Å²) in [6.45, 7) is 3.69. The molecule has 1 aromatic heterocycles. The molecule has 0 amide bonds. The predicted octanol–water partition coefficient (Wildman–Crippen LogP) is 4.27. The lowest BCUT2D eigenvalue weighted by Gasteiger charge is -2.11. The molecule has 0 aliphatic rings. The third kappa shape index (κ3) is 2.43. The van der Waals surface area contributed by atoms with Crippen molar-refractivity contribution in [3.8, 4) is 5.69 Å². The molecule has 0 bridgehead atoms. The molecular weight excluding hydrogens is 309 g/mol. The molecule has 2 aromatic rings. The van der Waals surface area contributed by atoms with Crippen molar-refractivity contribution >= 4 is 15.9 Å². The number of aryl methyl sites for hydroxylation is 2. The van der Waals surface area contributed by atoms with Crippen LogP contribution < -0.4 is 0 Å². The molecule has 0 radical (unpaired) electrons. The highest BCUT2D eigenvalue weighted by molar-refractivity contribution is 9.10. The largest absolute Gasteiger partial charge is 0.416 e. The molecule has 0 saturated heterocycles. The molecule has 0 N–H and O–H groups in total. The highest BCUT2D eigenvalue weighted by Gasteiger charge is 2.31. The van der Waals surface area contributed by atoms with Gasteiger partial charge in [-0.2, -0.15) is 18.3 Å². The highest BCUT2D eigenvalue weighted by Crippen LogP contribution is 2.33. The van der Waals surface area contributed by atoms with E-state index in [-0.39, 0.29) is 0 Å². The van der Waals surface area contributed by atoms with Crippen molar-refractivity contribution < 1.29 is 13.2 Å². The number of rotatable bonds is 1. The Morgan fingerprint density at radius 3 is 2.28 bits per heavy atom. The van der Waals surface area contributed by atoms with Crippen LogP contribution in [0.2, 0.25) is 0 Å². The molecule has 0 unspecified atom stereocenters. The van der Waals surface area contributed by atoms with Crippen LogP contribution in [0.25, 0.3) is 5.69 Å². The van der Waals surface area contributed by atoms with Gasteiger partial charge < -0.3 is 0 Å². The van der Waals surface area contributed by atoms with Crippen LogP contribution in [0.15, 0.2) is 28.7 Å². The summed E-state index contributed by atoms with van der Waals surface area (Å²) < 4.78 is 39.6. The Labute approximate surface area is 111 Å². The zero-order chi connectivity index (χ0) is 13.5. The molecule has 1 heterocycles. The summed E-state index contributed by atoms with van der Waals surface area (Å²) in [5.41, 5.74) is 1.60. The van der Waals surface area contributed by atoms with Gasteiger partial charge in [-0.1, -0.05) is 0 Å². The Kier molecular flexibility index (Phi) is 3.23. The van der Waals surface area contributed by atoms with E-state index in [1.165, 1.54) is 6.07 Å². The van der Waals surface area contributed by atoms with Crippen molar-refractivity contribution in [2.75, 3.05) is 0 Å². The van der Waals surface area contributed by atoms with E-state index in [4.69, 9.17) is 0 Å². The minimum Gasteiger partial charge on any atom is -0.237 e. The summed E-state index contributed by atoms with van der Waals surface area (Å²) in [6.07, 6.45) is -4.34. The lowest BCUT2D eigenvalue weighted by Crippen LogP contribution is -2.07. The zero-order valence-electron chi connectivity index (χ0n) is 9.72. The van der Waals surface area contributed by atoms with E-state index in [9.17, 15) is 13.2 Å². The predicted molar refractivity (Wildman–Crippen MR) is 65.7 cm³/mol. The Morgan fingerprint density at radius 2 is 1.83 bits per heavy atom. The average Bonchev–Trinajstić information content (AvgIpc) is 2.56. The van der Waals surface area contributed by atoms with Crippen LogP contribution in [0.1, 0.15) is 17.0 Å². The Morgan fingerprint density at radius 1 is 1.17 bits per heavy atom. The van der Waals surface area contributed by atoms with Crippen molar-refractivity contribution in [2.45, 2.75) is 20.0 Å². The fourth-order valence-corrected chi connectivity index (χ4v) is 2.27. The van der Waals surface area contributed by atoms with Crippen LogP contribution >= 0.6 is 15.9 Å². The van der Waals surface area contributed by atoms with Gasteiger partial charge in [-0.25, -0.2) is 4.68 Å². The highest BCUT2D eigenvalue weighted by atomic mass is 79.9. The maximum absolute atomic E-state index is 12.5. The van der Waals surface area contributed by atoms with E-state index in [0.717, 1.165) is 23.5 Å². The van der Waals surface area contributed by atoms with Crippen LogP contribution in [0.4, 0.5) is 13.2 Å². The van der Waals surface area contributed by atoms with Gasteiger partial charge in [0.2, 0.25) is 0 Å². The first-order chi connectivity index (χ1) is 8.29. The minimum atomic E-state index is -4.34. The number of nitrogens with zero attached hydrogens (tertiary/aromatic N) is 2. The minimum absolute atomic E-state index is 0.364. The standard InChI is InChI=1S/C12H10BrF3N2/c1-7-5-8(2)18(17-7)11-4-3-9(6-10(11)13)12(14,15)16/h3-6H,1-2H3.